The minimum atomic E-state index is -0.283. The van der Waals surface area contributed by atoms with Gasteiger partial charge in [-0.25, -0.2) is 0 Å². The summed E-state index contributed by atoms with van der Waals surface area (Å²) in [6.07, 6.45) is 5.78. The van der Waals surface area contributed by atoms with E-state index in [2.05, 4.69) is 10.6 Å². The maximum absolute atomic E-state index is 12.2. The average molecular weight is 493 g/mol. The molecule has 2 saturated heterocycles. The molecule has 8 heteroatoms. The van der Waals surface area contributed by atoms with E-state index in [0.29, 0.717) is 31.5 Å². The van der Waals surface area contributed by atoms with Crippen LogP contribution in [0.3, 0.4) is 0 Å². The zero-order valence-electron chi connectivity index (χ0n) is 21.6. The minimum absolute atomic E-state index is 0.161. The molecule has 3 atom stereocenters. The highest BCUT2D eigenvalue weighted by atomic mass is 16.5. The van der Waals surface area contributed by atoms with Gasteiger partial charge in [-0.2, -0.15) is 0 Å². The minimum Gasteiger partial charge on any atom is -0.464 e. The molecule has 0 amide bonds. The smallest absolute Gasteiger partial charge is 0.323 e. The molecule has 2 aliphatic rings. The Kier molecular flexibility index (Phi) is 14.6. The van der Waals surface area contributed by atoms with Crippen molar-refractivity contribution in [3.63, 3.8) is 0 Å². The second kappa shape index (κ2) is 17.4. The lowest BCUT2D eigenvalue weighted by atomic mass is 10.0. The van der Waals surface area contributed by atoms with Crippen molar-refractivity contribution in [2.75, 3.05) is 53.7 Å². The predicted molar refractivity (Wildman–Crippen MR) is 135 cm³/mol. The first-order chi connectivity index (χ1) is 17.0. The summed E-state index contributed by atoms with van der Waals surface area (Å²) in [5.41, 5.74) is 1.14. The fraction of sp³-hybridized carbons (Fsp3) is 0.704. The number of carbonyl (C=O) groups is 2. The number of esters is 2. The van der Waals surface area contributed by atoms with E-state index in [1.807, 2.05) is 30.3 Å². The molecule has 0 aromatic heterocycles. The Labute approximate surface area is 210 Å². The quantitative estimate of drug-likeness (QED) is 0.482. The molecular formula is C27H44N2O6. The van der Waals surface area contributed by atoms with Gasteiger partial charge in [-0.15, -0.1) is 0 Å². The Morgan fingerprint density at radius 1 is 0.857 bits per heavy atom. The second-order valence-corrected chi connectivity index (χ2v) is 9.27. The van der Waals surface area contributed by atoms with Crippen molar-refractivity contribution in [3.8, 4) is 0 Å². The molecule has 8 nitrogen and oxygen atoms in total. The van der Waals surface area contributed by atoms with E-state index in [1.54, 1.807) is 21.0 Å². The third kappa shape index (κ3) is 12.0. The Morgan fingerprint density at radius 2 is 1.43 bits per heavy atom. The van der Waals surface area contributed by atoms with Crippen LogP contribution in [0.2, 0.25) is 0 Å². The number of hydrogen-bond donors (Lipinski definition) is 2. The number of likely N-dealkylation sites (N-methyl/N-ethyl adjacent to an activating group) is 2. The summed E-state index contributed by atoms with van der Waals surface area (Å²) in [5.74, 6) is 0.591. The molecule has 0 aliphatic carbocycles. The van der Waals surface area contributed by atoms with Crippen molar-refractivity contribution in [1.29, 1.82) is 0 Å². The average Bonchev–Trinajstić information content (AvgIpc) is 3.19. The Hall–Kier alpha value is -2.00. The Morgan fingerprint density at radius 3 is 2.03 bits per heavy atom. The first kappa shape index (κ1) is 29.2. The van der Waals surface area contributed by atoms with Crippen molar-refractivity contribution in [3.05, 3.63) is 35.9 Å². The van der Waals surface area contributed by atoms with Gasteiger partial charge in [0.1, 0.15) is 12.1 Å². The number of carbonyl (C=O) groups excluding carboxylic acids is 2. The standard InChI is InChI=1S/C17H25NO3.C10H19NO3/c1-18-16(12-14-6-3-2-4-7-14)17(19)21-13-15-8-5-10-20-11-9-15;1-8(11-2)10(12)14-7-9-3-5-13-6-4-9/h2-4,6-7,15-16,18H,5,8-13H2,1H3;8-9,11H,3-7H2,1-2H3. The normalized spacial score (nSPS) is 20.5. The molecule has 1 aromatic rings. The molecule has 35 heavy (non-hydrogen) atoms. The lowest BCUT2D eigenvalue weighted by molar-refractivity contribution is -0.148. The molecule has 0 radical (unpaired) electrons. The molecule has 0 bridgehead atoms. The van der Waals surface area contributed by atoms with Crippen molar-refractivity contribution >= 4 is 11.9 Å². The van der Waals surface area contributed by atoms with Gasteiger partial charge >= 0.3 is 11.9 Å². The van der Waals surface area contributed by atoms with Crippen molar-refractivity contribution in [2.45, 2.75) is 57.5 Å². The largest absolute Gasteiger partial charge is 0.464 e. The SMILES string of the molecule is CNC(C)C(=O)OCC1CCOCC1.CNC(Cc1ccccc1)C(=O)OCC1CCCOCC1. The first-order valence-corrected chi connectivity index (χ1v) is 12.9. The van der Waals surface area contributed by atoms with Crippen LogP contribution in [0.25, 0.3) is 0 Å². The lowest BCUT2D eigenvalue weighted by Gasteiger charge is -2.22. The van der Waals surface area contributed by atoms with Crippen LogP contribution in [0.15, 0.2) is 30.3 Å². The van der Waals surface area contributed by atoms with Gasteiger partial charge in [0, 0.05) is 26.4 Å². The van der Waals surface area contributed by atoms with E-state index in [1.165, 1.54) is 0 Å². The highest BCUT2D eigenvalue weighted by Crippen LogP contribution is 2.17. The highest BCUT2D eigenvalue weighted by Gasteiger charge is 2.21. The van der Waals surface area contributed by atoms with Crippen molar-refractivity contribution < 1.29 is 28.5 Å². The molecule has 198 valence electrons. The van der Waals surface area contributed by atoms with Crippen LogP contribution in [-0.4, -0.2) is 77.8 Å². The van der Waals surface area contributed by atoms with Crippen LogP contribution in [0, 0.1) is 11.8 Å². The lowest BCUT2D eigenvalue weighted by Crippen LogP contribution is -2.38. The van der Waals surface area contributed by atoms with E-state index in [9.17, 15) is 9.59 Å². The molecule has 0 spiro atoms. The summed E-state index contributed by atoms with van der Waals surface area (Å²) in [7, 11) is 3.55. The fourth-order valence-electron chi connectivity index (χ4n) is 3.95. The summed E-state index contributed by atoms with van der Waals surface area (Å²) in [6.45, 7) is 6.04. The highest BCUT2D eigenvalue weighted by molar-refractivity contribution is 5.76. The third-order valence-corrected chi connectivity index (χ3v) is 6.54. The van der Waals surface area contributed by atoms with Gasteiger partial charge < -0.3 is 29.6 Å². The van der Waals surface area contributed by atoms with Crippen LogP contribution < -0.4 is 10.6 Å². The van der Waals surface area contributed by atoms with Crippen LogP contribution >= 0.6 is 0 Å². The number of rotatable bonds is 10. The molecule has 2 aliphatic heterocycles. The summed E-state index contributed by atoms with van der Waals surface area (Å²) in [5, 5.41) is 5.90. The van der Waals surface area contributed by atoms with E-state index in [-0.39, 0.29) is 24.0 Å². The van der Waals surface area contributed by atoms with Gasteiger partial charge in [0.2, 0.25) is 0 Å². The summed E-state index contributed by atoms with van der Waals surface area (Å²) >= 11 is 0. The number of nitrogens with one attached hydrogen (secondary N) is 2. The molecule has 1 aromatic carbocycles. The van der Waals surface area contributed by atoms with Crippen LogP contribution in [0.1, 0.15) is 44.6 Å². The number of hydrogen-bond acceptors (Lipinski definition) is 8. The second-order valence-electron chi connectivity index (χ2n) is 9.27. The molecule has 3 unspecified atom stereocenters. The summed E-state index contributed by atoms with van der Waals surface area (Å²) in [4.78, 5) is 23.5. The molecule has 3 rings (SSSR count). The van der Waals surface area contributed by atoms with E-state index in [4.69, 9.17) is 18.9 Å². The monoisotopic (exact) mass is 492 g/mol. The van der Waals surface area contributed by atoms with E-state index in [0.717, 1.165) is 64.1 Å². The van der Waals surface area contributed by atoms with Crippen LogP contribution in [0.5, 0.6) is 0 Å². The summed E-state index contributed by atoms with van der Waals surface area (Å²) in [6, 6.07) is 9.51. The van der Waals surface area contributed by atoms with Gasteiger partial charge in [-0.1, -0.05) is 30.3 Å². The Balaban J connectivity index is 0.000000269. The molecule has 2 N–H and O–H groups in total. The summed E-state index contributed by atoms with van der Waals surface area (Å²) < 4.78 is 21.3. The Bertz CT molecular complexity index is 703. The first-order valence-electron chi connectivity index (χ1n) is 12.9. The van der Waals surface area contributed by atoms with Gasteiger partial charge in [0.25, 0.3) is 0 Å². The molecule has 2 fully saturated rings. The zero-order valence-corrected chi connectivity index (χ0v) is 21.6. The van der Waals surface area contributed by atoms with E-state index >= 15 is 0 Å². The van der Waals surface area contributed by atoms with Gasteiger partial charge in [0.05, 0.1) is 13.2 Å². The molecular weight excluding hydrogens is 448 g/mol. The third-order valence-electron chi connectivity index (χ3n) is 6.54. The number of benzene rings is 1. The maximum Gasteiger partial charge on any atom is 0.323 e. The van der Waals surface area contributed by atoms with Crippen molar-refractivity contribution in [1.82, 2.24) is 10.6 Å². The van der Waals surface area contributed by atoms with E-state index < -0.39 is 0 Å². The van der Waals surface area contributed by atoms with Gasteiger partial charge in [-0.3, -0.25) is 9.59 Å². The fourth-order valence-corrected chi connectivity index (χ4v) is 3.95. The zero-order chi connectivity index (χ0) is 25.3. The molecule has 2 heterocycles. The van der Waals surface area contributed by atoms with Crippen LogP contribution in [-0.2, 0) is 35.0 Å². The van der Waals surface area contributed by atoms with Gasteiger partial charge in [-0.05, 0) is 76.9 Å². The van der Waals surface area contributed by atoms with Gasteiger partial charge in [0.15, 0.2) is 0 Å². The van der Waals surface area contributed by atoms with Crippen molar-refractivity contribution in [2.24, 2.45) is 11.8 Å². The molecule has 0 saturated carbocycles. The van der Waals surface area contributed by atoms with Crippen LogP contribution in [0.4, 0.5) is 0 Å². The maximum atomic E-state index is 12.2. The number of ether oxygens (including phenoxy) is 4. The topological polar surface area (TPSA) is 95.1 Å². The predicted octanol–water partition coefficient (Wildman–Crippen LogP) is 2.74.